The number of carbonyl (C=O) groups excluding carboxylic acids is 1. The van der Waals surface area contributed by atoms with Crippen molar-refractivity contribution >= 4 is 37.7 Å². The molecule has 6 nitrogen and oxygen atoms in total. The summed E-state index contributed by atoms with van der Waals surface area (Å²) in [5.74, 6) is -0.769. The van der Waals surface area contributed by atoms with Crippen LogP contribution in [-0.4, -0.2) is 28.0 Å². The second-order valence-corrected chi connectivity index (χ2v) is 7.33. The van der Waals surface area contributed by atoms with Crippen LogP contribution in [0.15, 0.2) is 35.1 Å². The van der Waals surface area contributed by atoms with E-state index in [0.717, 1.165) is 33.5 Å². The number of benzene rings is 1. The molecular formula is C20H17N3O3S. The maximum Gasteiger partial charge on any atom is 0.374 e. The van der Waals surface area contributed by atoms with Crippen LogP contribution >= 0.6 is 11.3 Å². The van der Waals surface area contributed by atoms with Crippen molar-refractivity contribution in [2.24, 2.45) is 0 Å². The summed E-state index contributed by atoms with van der Waals surface area (Å²) in [6, 6.07) is 10.2. The number of nitrogens with one attached hydrogen (secondary N) is 1. The van der Waals surface area contributed by atoms with Gasteiger partial charge in [-0.05, 0) is 37.0 Å². The zero-order chi connectivity index (χ0) is 19.1. The van der Waals surface area contributed by atoms with E-state index in [-0.39, 0.29) is 11.4 Å². The van der Waals surface area contributed by atoms with E-state index >= 15 is 0 Å². The number of thiophene rings is 1. The molecule has 0 aliphatic heterocycles. The minimum Gasteiger partial charge on any atom is -0.463 e. The molecule has 0 aliphatic carbocycles. The van der Waals surface area contributed by atoms with Gasteiger partial charge in [0.25, 0.3) is 5.56 Å². The highest BCUT2D eigenvalue weighted by Gasteiger charge is 2.20. The highest BCUT2D eigenvalue weighted by Crippen LogP contribution is 2.34. The summed E-state index contributed by atoms with van der Waals surface area (Å²) in [4.78, 5) is 36.6. The quantitative estimate of drug-likeness (QED) is 0.551. The first-order valence-corrected chi connectivity index (χ1v) is 9.26. The zero-order valence-electron chi connectivity index (χ0n) is 15.1. The van der Waals surface area contributed by atoms with E-state index in [4.69, 9.17) is 9.72 Å². The summed E-state index contributed by atoms with van der Waals surface area (Å²) < 4.78 is 5.16. The number of aromatic nitrogens is 3. The predicted octanol–water partition coefficient (Wildman–Crippen LogP) is 3.53. The lowest BCUT2D eigenvalue weighted by molar-refractivity contribution is 0.0587. The molecule has 27 heavy (non-hydrogen) atoms. The molecule has 0 unspecified atom stereocenters. The Morgan fingerprint density at radius 2 is 1.93 bits per heavy atom. The molecule has 0 spiro atoms. The Morgan fingerprint density at radius 1 is 1.19 bits per heavy atom. The number of hydrogen-bond acceptors (Lipinski definition) is 6. The van der Waals surface area contributed by atoms with Crippen molar-refractivity contribution in [3.8, 4) is 0 Å². The van der Waals surface area contributed by atoms with Gasteiger partial charge in [-0.15, -0.1) is 11.3 Å². The van der Waals surface area contributed by atoms with Crippen LogP contribution in [0.4, 0.5) is 0 Å². The number of esters is 1. The van der Waals surface area contributed by atoms with Crippen molar-refractivity contribution in [1.29, 1.82) is 0 Å². The number of hydrogen-bond donors (Lipinski definition) is 1. The van der Waals surface area contributed by atoms with E-state index in [1.54, 1.807) is 0 Å². The summed E-state index contributed by atoms with van der Waals surface area (Å²) in [7, 11) is 1.26. The Labute approximate surface area is 158 Å². The molecule has 0 amide bonds. The van der Waals surface area contributed by atoms with Crippen molar-refractivity contribution < 1.29 is 9.53 Å². The van der Waals surface area contributed by atoms with Crippen LogP contribution in [0, 0.1) is 13.8 Å². The monoisotopic (exact) mass is 379 g/mol. The van der Waals surface area contributed by atoms with Crippen molar-refractivity contribution in [3.63, 3.8) is 0 Å². The largest absolute Gasteiger partial charge is 0.463 e. The van der Waals surface area contributed by atoms with Crippen LogP contribution in [-0.2, 0) is 11.2 Å². The van der Waals surface area contributed by atoms with Crippen LogP contribution in [0.3, 0.4) is 0 Å². The van der Waals surface area contributed by atoms with Crippen molar-refractivity contribution in [3.05, 3.63) is 68.9 Å². The number of methoxy groups -OCH3 is 1. The number of aromatic amines is 1. The van der Waals surface area contributed by atoms with Crippen molar-refractivity contribution in [1.82, 2.24) is 15.0 Å². The molecule has 4 aromatic rings. The first kappa shape index (κ1) is 17.4. The van der Waals surface area contributed by atoms with Gasteiger partial charge in [-0.1, -0.05) is 30.3 Å². The average molecular weight is 379 g/mol. The lowest BCUT2D eigenvalue weighted by Gasteiger charge is -2.11. The van der Waals surface area contributed by atoms with E-state index in [1.165, 1.54) is 24.0 Å². The molecule has 0 atom stereocenters. The van der Waals surface area contributed by atoms with Gasteiger partial charge in [-0.25, -0.2) is 14.8 Å². The maximum absolute atomic E-state index is 12.4. The second kappa shape index (κ2) is 6.59. The highest BCUT2D eigenvalue weighted by molar-refractivity contribution is 7.25. The van der Waals surface area contributed by atoms with E-state index in [9.17, 15) is 9.59 Å². The lowest BCUT2D eigenvalue weighted by atomic mass is 9.97. The fraction of sp³-hybridized carbons (Fsp3) is 0.200. The molecule has 1 aromatic carbocycles. The molecular weight excluding hydrogens is 362 g/mol. The van der Waals surface area contributed by atoms with Gasteiger partial charge in [0.05, 0.1) is 12.6 Å². The molecule has 1 N–H and O–H groups in total. The molecule has 4 rings (SSSR count). The van der Waals surface area contributed by atoms with Gasteiger partial charge in [-0.2, -0.15) is 0 Å². The minimum absolute atomic E-state index is 0.0979. The second-order valence-electron chi connectivity index (χ2n) is 6.33. The van der Waals surface area contributed by atoms with Crippen LogP contribution in [0.2, 0.25) is 0 Å². The first-order valence-electron chi connectivity index (χ1n) is 8.44. The van der Waals surface area contributed by atoms with Gasteiger partial charge in [0.15, 0.2) is 0 Å². The Morgan fingerprint density at radius 3 is 2.63 bits per heavy atom. The topological polar surface area (TPSA) is 84.9 Å². The SMILES string of the molecule is COC(=O)c1nc2c(sc3nc(C)c(Cc4ccccc4)c(C)c32)c(=O)[nH]1. The molecule has 3 heterocycles. The van der Waals surface area contributed by atoms with Crippen LogP contribution < -0.4 is 5.56 Å². The maximum atomic E-state index is 12.4. The molecule has 136 valence electrons. The molecule has 0 aliphatic rings. The molecule has 0 bridgehead atoms. The summed E-state index contributed by atoms with van der Waals surface area (Å²) in [5.41, 5.74) is 4.39. The van der Waals surface area contributed by atoms with Crippen LogP contribution in [0.5, 0.6) is 0 Å². The fourth-order valence-electron chi connectivity index (χ4n) is 3.29. The van der Waals surface area contributed by atoms with Gasteiger partial charge in [0.1, 0.15) is 9.53 Å². The van der Waals surface area contributed by atoms with Crippen LogP contribution in [0.1, 0.15) is 33.0 Å². The third kappa shape index (κ3) is 2.90. The average Bonchev–Trinajstić information content (AvgIpc) is 3.04. The number of carbonyl (C=O) groups is 1. The standard InChI is InChI=1S/C20H17N3O3S/c1-10-13(9-12-7-5-4-6-8-12)11(2)21-19-14(10)15-16(27-19)18(24)23-17(22-15)20(25)26-3/h4-8H,9H2,1-3H3,(H,22,23,24). The summed E-state index contributed by atoms with van der Waals surface area (Å²) in [5, 5.41) is 0.822. The molecule has 0 saturated carbocycles. The Kier molecular flexibility index (Phi) is 4.24. The number of aryl methyl sites for hydroxylation is 2. The Hall–Kier alpha value is -3.06. The molecule has 3 aromatic heterocycles. The highest BCUT2D eigenvalue weighted by atomic mass is 32.1. The Bertz CT molecular complexity index is 1240. The molecule has 0 radical (unpaired) electrons. The number of pyridine rings is 1. The fourth-order valence-corrected chi connectivity index (χ4v) is 4.40. The normalized spacial score (nSPS) is 11.2. The predicted molar refractivity (Wildman–Crippen MR) is 106 cm³/mol. The third-order valence-electron chi connectivity index (χ3n) is 4.66. The molecule has 7 heteroatoms. The van der Waals surface area contributed by atoms with Gasteiger partial charge in [0.2, 0.25) is 5.82 Å². The molecule has 0 fully saturated rings. The van der Waals surface area contributed by atoms with Crippen molar-refractivity contribution in [2.45, 2.75) is 20.3 Å². The summed E-state index contributed by atoms with van der Waals surface area (Å²) >= 11 is 1.29. The number of fused-ring (bicyclic) bond motifs is 3. The van der Waals surface area contributed by atoms with E-state index in [1.807, 2.05) is 32.0 Å². The van der Waals surface area contributed by atoms with E-state index in [2.05, 4.69) is 22.1 Å². The van der Waals surface area contributed by atoms with Crippen molar-refractivity contribution in [2.75, 3.05) is 7.11 Å². The Balaban J connectivity index is 2.00. The van der Waals surface area contributed by atoms with Gasteiger partial charge < -0.3 is 4.74 Å². The third-order valence-corrected chi connectivity index (χ3v) is 5.73. The van der Waals surface area contributed by atoms with Gasteiger partial charge in [0, 0.05) is 11.1 Å². The van der Waals surface area contributed by atoms with E-state index in [0.29, 0.717) is 10.2 Å². The van der Waals surface area contributed by atoms with Gasteiger partial charge >= 0.3 is 5.97 Å². The minimum atomic E-state index is -0.671. The number of H-pyrrole nitrogens is 1. The summed E-state index contributed by atoms with van der Waals surface area (Å²) in [6.07, 6.45) is 0.742. The smallest absolute Gasteiger partial charge is 0.374 e. The summed E-state index contributed by atoms with van der Waals surface area (Å²) in [6.45, 7) is 3.99. The number of rotatable bonds is 3. The lowest BCUT2D eigenvalue weighted by Crippen LogP contribution is -2.15. The zero-order valence-corrected chi connectivity index (χ0v) is 15.9. The van der Waals surface area contributed by atoms with Crippen LogP contribution in [0.25, 0.3) is 20.4 Å². The first-order chi connectivity index (χ1) is 13.0. The van der Waals surface area contributed by atoms with Gasteiger partial charge in [-0.3, -0.25) is 9.78 Å². The number of ether oxygens (including phenoxy) is 1. The molecule has 0 saturated heterocycles. The van der Waals surface area contributed by atoms with E-state index < -0.39 is 5.97 Å². The number of nitrogens with zero attached hydrogens (tertiary/aromatic N) is 2.